The quantitative estimate of drug-likeness (QED) is 0.221. The Kier molecular flexibility index (Phi) is 11.2. The minimum atomic E-state index is -1.51. The zero-order chi connectivity index (χ0) is 16.9. The average Bonchev–Trinajstić information content (AvgIpc) is 2.71. The van der Waals surface area contributed by atoms with E-state index in [4.69, 9.17) is 0 Å². The molecule has 4 heteroatoms. The third-order valence-corrected chi connectivity index (χ3v) is 9.39. The Morgan fingerprint density at radius 1 is 0.357 bits per heavy atom. The van der Waals surface area contributed by atoms with Crippen molar-refractivity contribution in [3.8, 4) is 11.1 Å². The predicted octanol–water partition coefficient (Wildman–Crippen LogP) is -2.12. The Bertz CT molecular complexity index is 891. The first-order chi connectivity index (χ1) is 12.4. The molecule has 0 nitrogen and oxygen atoms in total. The van der Waals surface area contributed by atoms with E-state index in [0.29, 0.717) is 0 Å². The van der Waals surface area contributed by atoms with Gasteiger partial charge in [-0.05, 0) is 0 Å². The van der Waals surface area contributed by atoms with Crippen LogP contribution in [0.25, 0.3) is 11.1 Å². The minimum absolute atomic E-state index is 0. The van der Waals surface area contributed by atoms with Crippen LogP contribution in [0.4, 0.5) is 0 Å². The van der Waals surface area contributed by atoms with Crippen molar-refractivity contribution >= 4 is 27.7 Å². The van der Waals surface area contributed by atoms with Gasteiger partial charge in [-0.1, -0.05) is 0 Å². The molecule has 0 bridgehead atoms. The molecule has 0 unspecified atom stereocenters. The third-order valence-electron chi connectivity index (χ3n) is 4.26. The van der Waals surface area contributed by atoms with Crippen molar-refractivity contribution in [2.75, 3.05) is 0 Å². The summed E-state index contributed by atoms with van der Waals surface area (Å²) in [5, 5.41) is 0. The van der Waals surface area contributed by atoms with E-state index in [0.717, 1.165) is 0 Å². The second kappa shape index (κ2) is 12.5. The van der Waals surface area contributed by atoms with E-state index in [9.17, 15) is 0 Å². The molecule has 4 rings (SSSR count). The van der Waals surface area contributed by atoms with Gasteiger partial charge in [-0.15, -0.1) is 0 Å². The van der Waals surface area contributed by atoms with Gasteiger partial charge in [-0.25, -0.2) is 0 Å². The Morgan fingerprint density at radius 3 is 1.11 bits per heavy atom. The van der Waals surface area contributed by atoms with Crippen LogP contribution in [0.5, 0.6) is 0 Å². The van der Waals surface area contributed by atoms with E-state index in [-0.39, 0.29) is 52.5 Å². The van der Waals surface area contributed by atoms with Crippen LogP contribution in [-0.2, 0) is 27.7 Å². The summed E-state index contributed by atoms with van der Waals surface area (Å²) >= 11 is -1.51. The molecule has 0 radical (unpaired) electrons. The van der Waals surface area contributed by atoms with Crippen LogP contribution in [0, 0.1) is 0 Å². The summed E-state index contributed by atoms with van der Waals surface area (Å²) in [5.41, 5.74) is 2.55. The maximum atomic E-state index is 2.32. The number of halogens is 2. The molecular weight excluding hydrogens is 635 g/mol. The zero-order valence-electron chi connectivity index (χ0n) is 15.4. The summed E-state index contributed by atoms with van der Waals surface area (Å²) < 4.78 is 4.40. The maximum absolute atomic E-state index is 2.32. The number of benzene rings is 4. The van der Waals surface area contributed by atoms with Gasteiger partial charge < -0.3 is 24.8 Å². The van der Waals surface area contributed by atoms with Crippen LogP contribution in [0.3, 0.4) is 0 Å². The fourth-order valence-corrected chi connectivity index (χ4v) is 7.82. The van der Waals surface area contributed by atoms with Gasteiger partial charge in [0, 0.05) is 0 Å². The molecule has 0 aliphatic heterocycles. The van der Waals surface area contributed by atoms with Crippen LogP contribution in [0.1, 0.15) is 0 Å². The van der Waals surface area contributed by atoms with E-state index >= 15 is 0 Å². The van der Waals surface area contributed by atoms with Gasteiger partial charge in [-0.2, -0.15) is 0 Å². The van der Waals surface area contributed by atoms with Gasteiger partial charge in [0.2, 0.25) is 0 Å². The van der Waals surface area contributed by atoms with E-state index in [1.54, 1.807) is 0 Å². The topological polar surface area (TPSA) is 0 Å². The van der Waals surface area contributed by atoms with Gasteiger partial charge in [0.05, 0.1) is 0 Å². The van der Waals surface area contributed by atoms with Gasteiger partial charge in [0.25, 0.3) is 0 Å². The molecule has 0 amide bonds. The van der Waals surface area contributed by atoms with Crippen molar-refractivity contribution < 1.29 is 52.5 Å². The van der Waals surface area contributed by atoms with E-state index in [2.05, 4.69) is 115 Å². The van der Waals surface area contributed by atoms with Crippen molar-refractivity contribution in [3.05, 3.63) is 115 Å². The van der Waals surface area contributed by atoms with Crippen molar-refractivity contribution in [2.24, 2.45) is 0 Å². The first-order valence-electron chi connectivity index (χ1n) is 8.47. The van der Waals surface area contributed by atoms with Crippen LogP contribution in [-0.4, -0.2) is 14.7 Å². The zero-order valence-corrected chi connectivity index (χ0v) is 24.3. The molecule has 0 spiro atoms. The molecule has 136 valence electrons. The first-order valence-corrected chi connectivity index (χ1v) is 11.3. The Morgan fingerprint density at radius 2 is 0.679 bits per heavy atom. The summed E-state index contributed by atoms with van der Waals surface area (Å²) in [6.07, 6.45) is 0. The monoisotopic (exact) mass is 654 g/mol. The second-order valence-electron chi connectivity index (χ2n) is 5.92. The molecule has 0 atom stereocenters. The summed E-state index contributed by atoms with van der Waals surface area (Å²) in [4.78, 5) is 0. The summed E-state index contributed by atoms with van der Waals surface area (Å²) in [6, 6.07) is 41.6. The first kappa shape index (κ1) is 25.0. The van der Waals surface area contributed by atoms with Gasteiger partial charge in [-0.3, -0.25) is 0 Å². The van der Waals surface area contributed by atoms with E-state index in [1.807, 2.05) is 0 Å². The molecule has 0 aliphatic rings. The SMILES string of the molecule is [Cl-].[Cl-].[Hg+2].c1ccc(-c2ccc([As](c3ccccc3)c3ccccc3)cc2)cc1. The Labute approximate surface area is 205 Å². The summed E-state index contributed by atoms with van der Waals surface area (Å²) in [7, 11) is 0. The van der Waals surface area contributed by atoms with Crippen molar-refractivity contribution in [3.63, 3.8) is 0 Å². The van der Waals surface area contributed by atoms with Crippen LogP contribution in [0.2, 0.25) is 0 Å². The molecule has 4 aromatic carbocycles. The average molecular weight is 654 g/mol. The van der Waals surface area contributed by atoms with Crippen LogP contribution >= 0.6 is 0 Å². The molecular formula is C24H19AsCl2Hg. The van der Waals surface area contributed by atoms with Crippen LogP contribution < -0.4 is 37.9 Å². The summed E-state index contributed by atoms with van der Waals surface area (Å²) in [5.74, 6) is 0. The predicted molar refractivity (Wildman–Crippen MR) is 109 cm³/mol. The van der Waals surface area contributed by atoms with Crippen molar-refractivity contribution in [1.82, 2.24) is 0 Å². The fourth-order valence-electron chi connectivity index (χ4n) is 3.03. The van der Waals surface area contributed by atoms with E-state index < -0.39 is 14.7 Å². The number of hydrogen-bond donors (Lipinski definition) is 0. The molecule has 0 heterocycles. The van der Waals surface area contributed by atoms with Gasteiger partial charge in [0.1, 0.15) is 0 Å². The fraction of sp³-hybridized carbons (Fsp3) is 0. The van der Waals surface area contributed by atoms with Crippen molar-refractivity contribution in [2.45, 2.75) is 0 Å². The molecule has 0 aromatic heterocycles. The van der Waals surface area contributed by atoms with Gasteiger partial charge in [0.15, 0.2) is 0 Å². The Hall–Kier alpha value is -1.05. The molecule has 28 heavy (non-hydrogen) atoms. The van der Waals surface area contributed by atoms with Gasteiger partial charge >= 0.3 is 182 Å². The molecule has 0 saturated heterocycles. The standard InChI is InChI=1S/C24H19As.2ClH.Hg/c1-4-10-20(11-5-1)21-16-18-24(19-17-21)25(22-12-6-2-7-13-22)23-14-8-3-9-15-23;;;/h1-19H;2*1H;/q;;;+2/p-2. The molecule has 0 saturated carbocycles. The molecule has 0 aliphatic carbocycles. The molecule has 0 fully saturated rings. The second-order valence-corrected chi connectivity index (χ2v) is 10.6. The number of rotatable bonds is 4. The normalized spacial score (nSPS) is 9.61. The Balaban J connectivity index is 0.00000131. The van der Waals surface area contributed by atoms with E-state index in [1.165, 1.54) is 24.2 Å². The van der Waals surface area contributed by atoms with Crippen LogP contribution in [0.15, 0.2) is 115 Å². The number of hydrogen-bond acceptors (Lipinski definition) is 0. The van der Waals surface area contributed by atoms with Crippen molar-refractivity contribution in [1.29, 1.82) is 0 Å². The molecule has 4 aromatic rings. The molecule has 0 N–H and O–H groups in total. The third kappa shape index (κ3) is 5.97. The summed E-state index contributed by atoms with van der Waals surface area (Å²) in [6.45, 7) is 0.